The third-order valence-electron chi connectivity index (χ3n) is 5.71. The number of benzene rings is 1. The molecule has 1 aliphatic heterocycles. The molecule has 2 aliphatic rings. The summed E-state index contributed by atoms with van der Waals surface area (Å²) in [5, 5.41) is 5.20. The van der Waals surface area contributed by atoms with Gasteiger partial charge in [0.2, 0.25) is 17.7 Å². The Morgan fingerprint density at radius 3 is 2.48 bits per heavy atom. The summed E-state index contributed by atoms with van der Waals surface area (Å²) in [5.74, 6) is -1.06. The lowest BCUT2D eigenvalue weighted by atomic mass is 9.85. The zero-order valence-electron chi connectivity index (χ0n) is 16.5. The molecule has 1 aliphatic carbocycles. The van der Waals surface area contributed by atoms with Crippen molar-refractivity contribution in [3.63, 3.8) is 0 Å². The number of aromatic nitrogens is 1. The van der Waals surface area contributed by atoms with Gasteiger partial charge in [-0.2, -0.15) is 0 Å². The Morgan fingerprint density at radius 1 is 1.14 bits per heavy atom. The van der Waals surface area contributed by atoms with Crippen molar-refractivity contribution in [1.82, 2.24) is 9.88 Å². The second-order valence-electron chi connectivity index (χ2n) is 7.62. The summed E-state index contributed by atoms with van der Waals surface area (Å²) >= 11 is 1.36. The fourth-order valence-corrected chi connectivity index (χ4v) is 4.58. The highest BCUT2D eigenvalue weighted by molar-refractivity contribution is 7.14. The van der Waals surface area contributed by atoms with Crippen LogP contribution in [0, 0.1) is 25.7 Å². The molecule has 0 radical (unpaired) electrons. The standard InChI is InChI=1S/C22H23N3O3S/c1-13-7-8-15(11-14(13)2)18-12-29-22(23-18)24-19(26)9-10-25-20(27)16-5-3-4-6-17(16)21(25)28/h3-4,7-8,11-12,16-17H,5-6,9-10H2,1-2H3,(H,23,24,26)/t16-,17-/m0/s1. The lowest BCUT2D eigenvalue weighted by Crippen LogP contribution is -2.34. The molecule has 150 valence electrons. The number of hydrogen-bond acceptors (Lipinski definition) is 5. The van der Waals surface area contributed by atoms with Crippen LogP contribution in [0.25, 0.3) is 11.3 Å². The van der Waals surface area contributed by atoms with E-state index in [1.54, 1.807) is 0 Å². The minimum atomic E-state index is -0.255. The average Bonchev–Trinajstić information content (AvgIpc) is 3.26. The minimum Gasteiger partial charge on any atom is -0.302 e. The highest BCUT2D eigenvalue weighted by atomic mass is 32.1. The van der Waals surface area contributed by atoms with Gasteiger partial charge >= 0.3 is 0 Å². The lowest BCUT2D eigenvalue weighted by Gasteiger charge is -2.14. The number of thiazole rings is 1. The van der Waals surface area contributed by atoms with Crippen LogP contribution >= 0.6 is 11.3 Å². The molecule has 2 heterocycles. The summed E-state index contributed by atoms with van der Waals surface area (Å²) < 4.78 is 0. The summed E-state index contributed by atoms with van der Waals surface area (Å²) in [6, 6.07) is 6.15. The molecule has 0 saturated carbocycles. The van der Waals surface area contributed by atoms with Crippen LogP contribution in [0.1, 0.15) is 30.4 Å². The van der Waals surface area contributed by atoms with E-state index >= 15 is 0 Å². The molecule has 2 atom stereocenters. The molecule has 4 rings (SSSR count). The first-order valence-corrected chi connectivity index (χ1v) is 10.6. The number of nitrogens with one attached hydrogen (secondary N) is 1. The summed E-state index contributed by atoms with van der Waals surface area (Å²) in [5.41, 5.74) is 4.24. The second-order valence-corrected chi connectivity index (χ2v) is 8.48. The molecule has 2 aromatic rings. The van der Waals surface area contributed by atoms with Gasteiger partial charge in [0.25, 0.3) is 0 Å². The first-order chi connectivity index (χ1) is 13.9. The van der Waals surface area contributed by atoms with E-state index in [0.717, 1.165) is 11.3 Å². The number of likely N-dealkylation sites (tertiary alicyclic amines) is 1. The number of rotatable bonds is 5. The van der Waals surface area contributed by atoms with Crippen molar-refractivity contribution in [2.24, 2.45) is 11.8 Å². The largest absolute Gasteiger partial charge is 0.302 e. The topological polar surface area (TPSA) is 79.4 Å². The van der Waals surface area contributed by atoms with Gasteiger partial charge in [0, 0.05) is 23.9 Å². The number of carbonyl (C=O) groups excluding carboxylic acids is 3. The van der Waals surface area contributed by atoms with Crippen LogP contribution in [0.2, 0.25) is 0 Å². The number of fused-ring (bicyclic) bond motifs is 1. The Kier molecular flexibility index (Phi) is 5.32. The van der Waals surface area contributed by atoms with Crippen LogP contribution in [0.3, 0.4) is 0 Å². The molecule has 1 N–H and O–H groups in total. The van der Waals surface area contributed by atoms with Crippen molar-refractivity contribution in [1.29, 1.82) is 0 Å². The molecule has 0 bridgehead atoms. The molecule has 1 aromatic heterocycles. The number of amides is 3. The number of carbonyl (C=O) groups is 3. The molecule has 6 nitrogen and oxygen atoms in total. The van der Waals surface area contributed by atoms with E-state index in [0.29, 0.717) is 18.0 Å². The Balaban J connectivity index is 1.35. The van der Waals surface area contributed by atoms with Crippen molar-refractivity contribution in [3.05, 3.63) is 46.9 Å². The molecule has 1 fully saturated rings. The normalized spacial score (nSPS) is 20.8. The molecule has 3 amide bonds. The fraction of sp³-hybridized carbons (Fsp3) is 0.364. The van der Waals surface area contributed by atoms with Gasteiger partial charge in [0.05, 0.1) is 17.5 Å². The second kappa shape index (κ2) is 7.91. The molecule has 7 heteroatoms. The van der Waals surface area contributed by atoms with Crippen LogP contribution in [-0.4, -0.2) is 34.2 Å². The summed E-state index contributed by atoms with van der Waals surface area (Å²) in [6.07, 6.45) is 5.20. The zero-order valence-corrected chi connectivity index (χ0v) is 17.3. The SMILES string of the molecule is Cc1ccc(-c2csc(NC(=O)CCN3C(=O)[C@H]4CC=CC[C@@H]4C3=O)n2)cc1C. The molecule has 0 spiro atoms. The van der Waals surface area contributed by atoms with E-state index in [1.807, 2.05) is 23.6 Å². The van der Waals surface area contributed by atoms with E-state index < -0.39 is 0 Å². The maximum atomic E-state index is 12.5. The third-order valence-corrected chi connectivity index (χ3v) is 6.47. The number of allylic oxidation sites excluding steroid dienone is 2. The van der Waals surface area contributed by atoms with Crippen LogP contribution in [-0.2, 0) is 14.4 Å². The Bertz CT molecular complexity index is 984. The van der Waals surface area contributed by atoms with E-state index in [-0.39, 0.29) is 42.5 Å². The van der Waals surface area contributed by atoms with Crippen molar-refractivity contribution >= 4 is 34.2 Å². The quantitative estimate of drug-likeness (QED) is 0.603. The molecule has 1 aromatic carbocycles. The number of anilines is 1. The third kappa shape index (κ3) is 3.87. The van der Waals surface area contributed by atoms with Crippen LogP contribution in [0.4, 0.5) is 5.13 Å². The maximum absolute atomic E-state index is 12.5. The van der Waals surface area contributed by atoms with Crippen molar-refractivity contribution in [2.75, 3.05) is 11.9 Å². The maximum Gasteiger partial charge on any atom is 0.233 e. The Labute approximate surface area is 173 Å². The van der Waals surface area contributed by atoms with Crippen LogP contribution < -0.4 is 5.32 Å². The summed E-state index contributed by atoms with van der Waals surface area (Å²) in [4.78, 5) is 43.0. The van der Waals surface area contributed by atoms with Crippen molar-refractivity contribution in [2.45, 2.75) is 33.1 Å². The Morgan fingerprint density at radius 2 is 1.83 bits per heavy atom. The minimum absolute atomic E-state index is 0.0723. The van der Waals surface area contributed by atoms with Gasteiger partial charge in [0.1, 0.15) is 0 Å². The molecule has 0 unspecified atom stereocenters. The molecule has 1 saturated heterocycles. The van der Waals surface area contributed by atoms with Gasteiger partial charge in [-0.15, -0.1) is 11.3 Å². The summed E-state index contributed by atoms with van der Waals surface area (Å²) in [6.45, 7) is 4.24. The highest BCUT2D eigenvalue weighted by Gasteiger charge is 2.46. The molecular formula is C22H23N3O3S. The number of hydrogen-bond donors (Lipinski definition) is 1. The van der Waals surface area contributed by atoms with Gasteiger partial charge in [-0.25, -0.2) is 4.98 Å². The fourth-order valence-electron chi connectivity index (χ4n) is 3.85. The predicted octanol–water partition coefficient (Wildman–Crippen LogP) is 3.71. The van der Waals surface area contributed by atoms with Gasteiger partial charge in [-0.05, 0) is 43.9 Å². The van der Waals surface area contributed by atoms with E-state index in [4.69, 9.17) is 0 Å². The lowest BCUT2D eigenvalue weighted by molar-refractivity contribution is -0.140. The zero-order chi connectivity index (χ0) is 20.5. The van der Waals surface area contributed by atoms with E-state index in [2.05, 4.69) is 36.3 Å². The smallest absolute Gasteiger partial charge is 0.233 e. The van der Waals surface area contributed by atoms with Crippen LogP contribution in [0.5, 0.6) is 0 Å². The highest BCUT2D eigenvalue weighted by Crippen LogP contribution is 2.35. The van der Waals surface area contributed by atoms with Crippen LogP contribution in [0.15, 0.2) is 35.7 Å². The monoisotopic (exact) mass is 409 g/mol. The molecular weight excluding hydrogens is 386 g/mol. The Hall–Kier alpha value is -2.80. The van der Waals surface area contributed by atoms with Crippen molar-refractivity contribution in [3.8, 4) is 11.3 Å². The summed E-state index contributed by atoms with van der Waals surface area (Å²) in [7, 11) is 0. The predicted molar refractivity (Wildman–Crippen MR) is 112 cm³/mol. The average molecular weight is 410 g/mol. The number of imide groups is 1. The van der Waals surface area contributed by atoms with E-state index in [9.17, 15) is 14.4 Å². The first kappa shape index (κ1) is 19.5. The van der Waals surface area contributed by atoms with Gasteiger partial charge in [-0.3, -0.25) is 19.3 Å². The van der Waals surface area contributed by atoms with Crippen molar-refractivity contribution < 1.29 is 14.4 Å². The van der Waals surface area contributed by atoms with Gasteiger partial charge in [-0.1, -0.05) is 24.3 Å². The number of nitrogens with zero attached hydrogens (tertiary/aromatic N) is 2. The molecule has 29 heavy (non-hydrogen) atoms. The first-order valence-electron chi connectivity index (χ1n) is 9.77. The van der Waals surface area contributed by atoms with Gasteiger partial charge < -0.3 is 5.32 Å². The van der Waals surface area contributed by atoms with E-state index in [1.165, 1.54) is 27.4 Å². The van der Waals surface area contributed by atoms with Gasteiger partial charge in [0.15, 0.2) is 5.13 Å². The number of aryl methyl sites for hydroxylation is 2.